The van der Waals surface area contributed by atoms with Gasteiger partial charge in [0.15, 0.2) is 0 Å². The molecule has 0 saturated carbocycles. The molecule has 0 heterocycles. The summed E-state index contributed by atoms with van der Waals surface area (Å²) in [4.78, 5) is 11.9. The van der Waals surface area contributed by atoms with Gasteiger partial charge in [-0.25, -0.2) is 0 Å². The number of hydrogen-bond donors (Lipinski definition) is 2. The largest absolute Gasteiger partial charge is 0.391 e. The van der Waals surface area contributed by atoms with Crippen LogP contribution in [0.4, 0.5) is 0 Å². The van der Waals surface area contributed by atoms with Gasteiger partial charge in [0, 0.05) is 11.0 Å². The Morgan fingerprint density at radius 1 is 1.61 bits per heavy atom. The molecule has 1 aromatic rings. The van der Waals surface area contributed by atoms with Gasteiger partial charge < -0.3 is 10.4 Å². The second kappa shape index (κ2) is 8.04. The van der Waals surface area contributed by atoms with Crippen molar-refractivity contribution in [1.82, 2.24) is 5.32 Å². The molecule has 18 heavy (non-hydrogen) atoms. The van der Waals surface area contributed by atoms with Crippen molar-refractivity contribution < 1.29 is 9.90 Å². The number of halogens is 2. The number of nitrogens with one attached hydrogen (secondary N) is 1. The van der Waals surface area contributed by atoms with Crippen LogP contribution in [0.3, 0.4) is 0 Å². The van der Waals surface area contributed by atoms with Crippen molar-refractivity contribution in [1.29, 1.82) is 0 Å². The van der Waals surface area contributed by atoms with Gasteiger partial charge in [-0.15, -0.1) is 0 Å². The highest BCUT2D eigenvalue weighted by Crippen LogP contribution is 2.20. The Balaban J connectivity index is 2.52. The molecule has 1 aromatic carbocycles. The zero-order valence-corrected chi connectivity index (χ0v) is 13.1. The van der Waals surface area contributed by atoms with Crippen LogP contribution >= 0.6 is 39.3 Å². The SMILES string of the molecule is CSCCC(O)CNC(=O)c1cc(Br)ccc1Cl. The standard InChI is InChI=1S/C12H15BrClNO2S/c1-18-5-4-9(16)7-15-12(17)10-6-8(13)2-3-11(10)14/h2-3,6,9,16H,4-5,7H2,1H3,(H,15,17). The maximum atomic E-state index is 11.9. The maximum absolute atomic E-state index is 11.9. The molecule has 2 N–H and O–H groups in total. The van der Waals surface area contributed by atoms with E-state index in [4.69, 9.17) is 11.6 Å². The lowest BCUT2D eigenvalue weighted by molar-refractivity contribution is 0.0914. The van der Waals surface area contributed by atoms with E-state index in [1.54, 1.807) is 30.0 Å². The molecule has 1 unspecified atom stereocenters. The molecule has 3 nitrogen and oxygen atoms in total. The fraction of sp³-hybridized carbons (Fsp3) is 0.417. The van der Waals surface area contributed by atoms with E-state index in [-0.39, 0.29) is 12.5 Å². The quantitative estimate of drug-likeness (QED) is 0.827. The van der Waals surface area contributed by atoms with Crippen molar-refractivity contribution in [3.8, 4) is 0 Å². The zero-order chi connectivity index (χ0) is 13.5. The van der Waals surface area contributed by atoms with Crippen molar-refractivity contribution in [2.24, 2.45) is 0 Å². The molecular weight excluding hydrogens is 338 g/mol. The smallest absolute Gasteiger partial charge is 0.252 e. The Morgan fingerprint density at radius 2 is 2.33 bits per heavy atom. The number of carbonyl (C=O) groups excluding carboxylic acids is 1. The molecule has 1 atom stereocenters. The van der Waals surface area contributed by atoms with Crippen molar-refractivity contribution in [3.05, 3.63) is 33.3 Å². The lowest BCUT2D eigenvalue weighted by Crippen LogP contribution is -2.32. The van der Waals surface area contributed by atoms with Gasteiger partial charge in [-0.3, -0.25) is 4.79 Å². The molecule has 0 aliphatic heterocycles. The predicted molar refractivity (Wildman–Crippen MR) is 80.5 cm³/mol. The van der Waals surface area contributed by atoms with Crippen LogP contribution in [-0.4, -0.2) is 35.7 Å². The monoisotopic (exact) mass is 351 g/mol. The summed E-state index contributed by atoms with van der Waals surface area (Å²) in [5.41, 5.74) is 0.406. The lowest BCUT2D eigenvalue weighted by Gasteiger charge is -2.12. The first kappa shape index (κ1) is 15.8. The summed E-state index contributed by atoms with van der Waals surface area (Å²) in [6.07, 6.45) is 2.12. The van der Waals surface area contributed by atoms with Gasteiger partial charge in [-0.05, 0) is 36.6 Å². The first-order valence-corrected chi connectivity index (χ1v) is 8.01. The highest BCUT2D eigenvalue weighted by Gasteiger charge is 2.12. The Morgan fingerprint density at radius 3 is 3.00 bits per heavy atom. The second-order valence-electron chi connectivity index (χ2n) is 3.77. The summed E-state index contributed by atoms with van der Waals surface area (Å²) in [5.74, 6) is 0.596. The number of carbonyl (C=O) groups is 1. The molecule has 0 saturated heterocycles. The van der Waals surface area contributed by atoms with Crippen molar-refractivity contribution >= 4 is 45.2 Å². The second-order valence-corrected chi connectivity index (χ2v) is 6.08. The number of aliphatic hydroxyl groups excluding tert-OH is 1. The van der Waals surface area contributed by atoms with E-state index < -0.39 is 6.10 Å². The molecule has 1 amide bonds. The number of benzene rings is 1. The first-order chi connectivity index (χ1) is 8.54. The average molecular weight is 353 g/mol. The summed E-state index contributed by atoms with van der Waals surface area (Å²) in [6.45, 7) is 0.238. The average Bonchev–Trinajstić information content (AvgIpc) is 2.36. The summed E-state index contributed by atoms with van der Waals surface area (Å²) in [5, 5.41) is 12.7. The van der Waals surface area contributed by atoms with E-state index in [2.05, 4.69) is 21.2 Å². The van der Waals surface area contributed by atoms with E-state index in [9.17, 15) is 9.90 Å². The van der Waals surface area contributed by atoms with Gasteiger partial charge in [-0.2, -0.15) is 11.8 Å². The third-order valence-corrected chi connectivity index (χ3v) is 3.79. The predicted octanol–water partition coefficient (Wildman–Crippen LogP) is 2.95. The minimum atomic E-state index is -0.521. The van der Waals surface area contributed by atoms with Crippen LogP contribution in [-0.2, 0) is 0 Å². The molecule has 0 aromatic heterocycles. The van der Waals surface area contributed by atoms with Crippen LogP contribution in [0, 0.1) is 0 Å². The van der Waals surface area contributed by atoms with Crippen molar-refractivity contribution in [3.63, 3.8) is 0 Å². The maximum Gasteiger partial charge on any atom is 0.252 e. The zero-order valence-electron chi connectivity index (χ0n) is 9.95. The minimum absolute atomic E-state index is 0.238. The first-order valence-electron chi connectivity index (χ1n) is 5.45. The third kappa shape index (κ3) is 5.18. The Labute approximate surface area is 124 Å². The van der Waals surface area contributed by atoms with Crippen LogP contribution in [0.5, 0.6) is 0 Å². The van der Waals surface area contributed by atoms with E-state index in [0.717, 1.165) is 10.2 Å². The molecular formula is C12H15BrClNO2S. The van der Waals surface area contributed by atoms with Gasteiger partial charge in [-0.1, -0.05) is 27.5 Å². The minimum Gasteiger partial charge on any atom is -0.391 e. The van der Waals surface area contributed by atoms with Gasteiger partial charge in [0.25, 0.3) is 5.91 Å². The molecule has 0 spiro atoms. The van der Waals surface area contributed by atoms with Gasteiger partial charge >= 0.3 is 0 Å². The van der Waals surface area contributed by atoms with Crippen LogP contribution in [0.25, 0.3) is 0 Å². The number of rotatable bonds is 6. The highest BCUT2D eigenvalue weighted by molar-refractivity contribution is 9.10. The summed E-state index contributed by atoms with van der Waals surface area (Å²) in [7, 11) is 0. The highest BCUT2D eigenvalue weighted by atomic mass is 79.9. The number of amides is 1. The number of hydrogen-bond acceptors (Lipinski definition) is 3. The van der Waals surface area contributed by atoms with E-state index >= 15 is 0 Å². The van der Waals surface area contributed by atoms with Crippen molar-refractivity contribution in [2.75, 3.05) is 18.6 Å². The molecule has 0 bridgehead atoms. The molecule has 0 aliphatic rings. The van der Waals surface area contributed by atoms with Crippen LogP contribution in [0.2, 0.25) is 5.02 Å². The Bertz CT molecular complexity index is 417. The topological polar surface area (TPSA) is 49.3 Å². The number of thioether (sulfide) groups is 1. The Kier molecular flexibility index (Phi) is 7.07. The van der Waals surface area contributed by atoms with Crippen LogP contribution in [0.1, 0.15) is 16.8 Å². The van der Waals surface area contributed by atoms with E-state index in [0.29, 0.717) is 17.0 Å². The number of aliphatic hydroxyl groups is 1. The van der Waals surface area contributed by atoms with Gasteiger partial charge in [0.1, 0.15) is 0 Å². The molecule has 1 rings (SSSR count). The fourth-order valence-electron chi connectivity index (χ4n) is 1.33. The molecule has 0 radical (unpaired) electrons. The van der Waals surface area contributed by atoms with Crippen molar-refractivity contribution in [2.45, 2.75) is 12.5 Å². The van der Waals surface area contributed by atoms with Crippen LogP contribution < -0.4 is 5.32 Å². The normalized spacial score (nSPS) is 12.2. The molecule has 0 aliphatic carbocycles. The third-order valence-electron chi connectivity index (χ3n) is 2.33. The molecule has 6 heteroatoms. The molecule has 100 valence electrons. The summed E-state index contributed by atoms with van der Waals surface area (Å²) >= 11 is 10.9. The van der Waals surface area contributed by atoms with Crippen LogP contribution in [0.15, 0.2) is 22.7 Å². The Hall–Kier alpha value is -0.230. The summed E-state index contributed by atoms with van der Waals surface area (Å²) in [6, 6.07) is 5.09. The fourth-order valence-corrected chi connectivity index (χ4v) is 2.41. The van der Waals surface area contributed by atoms with Gasteiger partial charge in [0.05, 0.1) is 16.7 Å². The molecule has 0 fully saturated rings. The van der Waals surface area contributed by atoms with Gasteiger partial charge in [0.2, 0.25) is 0 Å². The van der Waals surface area contributed by atoms with E-state index in [1.165, 1.54) is 0 Å². The lowest BCUT2D eigenvalue weighted by atomic mass is 10.2. The summed E-state index contributed by atoms with van der Waals surface area (Å²) < 4.78 is 0.792. The van der Waals surface area contributed by atoms with E-state index in [1.807, 2.05) is 6.26 Å².